The molecule has 1 N–H and O–H groups in total. The van der Waals surface area contributed by atoms with Crippen molar-refractivity contribution in [2.45, 2.75) is 19.9 Å². The number of carbonyl (C=O) groups is 2. The molecule has 1 atom stereocenters. The highest BCUT2D eigenvalue weighted by atomic mass is 35.5. The van der Waals surface area contributed by atoms with E-state index in [1.165, 1.54) is 41.0 Å². The van der Waals surface area contributed by atoms with Gasteiger partial charge in [-0.2, -0.15) is 0 Å². The van der Waals surface area contributed by atoms with Gasteiger partial charge in [-0.3, -0.25) is 9.36 Å². The number of allylic oxidation sites excluding steroid dienone is 1. The second-order valence-corrected chi connectivity index (χ2v) is 9.97. The number of furan rings is 1. The van der Waals surface area contributed by atoms with Crippen molar-refractivity contribution in [2.75, 3.05) is 6.61 Å². The Morgan fingerprint density at radius 1 is 1.21 bits per heavy atom. The maximum Gasteiger partial charge on any atom is 0.338 e. The molecule has 8 nitrogen and oxygen atoms in total. The first kappa shape index (κ1) is 26.3. The molecule has 0 unspecified atom stereocenters. The van der Waals surface area contributed by atoms with Gasteiger partial charge in [0.15, 0.2) is 4.80 Å². The van der Waals surface area contributed by atoms with E-state index in [0.29, 0.717) is 37.7 Å². The summed E-state index contributed by atoms with van der Waals surface area (Å²) < 4.78 is 26.5. The van der Waals surface area contributed by atoms with Gasteiger partial charge in [-0.15, -0.1) is 0 Å². The summed E-state index contributed by atoms with van der Waals surface area (Å²) >= 11 is 7.08. The van der Waals surface area contributed by atoms with Crippen LogP contribution in [0.3, 0.4) is 0 Å². The van der Waals surface area contributed by atoms with Gasteiger partial charge < -0.3 is 14.3 Å². The van der Waals surface area contributed by atoms with Crippen LogP contribution in [0.4, 0.5) is 4.39 Å². The maximum absolute atomic E-state index is 13.7. The second kappa shape index (κ2) is 10.5. The van der Waals surface area contributed by atoms with Crippen LogP contribution in [0.2, 0.25) is 5.02 Å². The van der Waals surface area contributed by atoms with Gasteiger partial charge in [0.2, 0.25) is 0 Å². The predicted molar refractivity (Wildman–Crippen MR) is 143 cm³/mol. The van der Waals surface area contributed by atoms with Gasteiger partial charge >= 0.3 is 11.9 Å². The molecule has 0 saturated heterocycles. The van der Waals surface area contributed by atoms with E-state index in [1.54, 1.807) is 38.1 Å². The van der Waals surface area contributed by atoms with Crippen molar-refractivity contribution in [3.05, 3.63) is 113 Å². The number of aromatic nitrogens is 1. The Morgan fingerprint density at radius 3 is 2.64 bits per heavy atom. The lowest BCUT2D eigenvalue weighted by molar-refractivity contribution is -0.139. The van der Waals surface area contributed by atoms with Crippen molar-refractivity contribution in [1.82, 2.24) is 4.57 Å². The van der Waals surface area contributed by atoms with Crippen LogP contribution in [0.25, 0.3) is 17.4 Å². The Hall–Kier alpha value is -4.28. The van der Waals surface area contributed by atoms with E-state index in [9.17, 15) is 23.9 Å². The van der Waals surface area contributed by atoms with Crippen molar-refractivity contribution in [2.24, 2.45) is 4.99 Å². The zero-order valence-corrected chi connectivity index (χ0v) is 22.2. The molecule has 1 aliphatic heterocycles. The quantitative estimate of drug-likeness (QED) is 0.343. The lowest BCUT2D eigenvalue weighted by Crippen LogP contribution is -2.39. The Bertz CT molecular complexity index is 1830. The molecule has 5 rings (SSSR count). The molecule has 3 heterocycles. The Balaban J connectivity index is 1.61. The highest BCUT2D eigenvalue weighted by Gasteiger charge is 2.33. The molecule has 2 aromatic carbocycles. The van der Waals surface area contributed by atoms with E-state index in [0.717, 1.165) is 11.3 Å². The van der Waals surface area contributed by atoms with Crippen molar-refractivity contribution in [1.29, 1.82) is 0 Å². The molecule has 0 aliphatic carbocycles. The molecule has 1 aliphatic rings. The first-order valence-electron chi connectivity index (χ1n) is 11.8. The average Bonchev–Trinajstić information content (AvgIpc) is 3.48. The van der Waals surface area contributed by atoms with E-state index in [1.807, 2.05) is 0 Å². The van der Waals surface area contributed by atoms with Crippen LogP contribution in [-0.4, -0.2) is 28.2 Å². The van der Waals surface area contributed by atoms with Gasteiger partial charge in [-0.05, 0) is 61.9 Å². The van der Waals surface area contributed by atoms with Gasteiger partial charge in [0.1, 0.15) is 17.3 Å². The van der Waals surface area contributed by atoms with Crippen LogP contribution in [0.15, 0.2) is 80.1 Å². The number of carboxylic acid groups (broad SMARTS) is 1. The monoisotopic (exact) mass is 566 g/mol. The lowest BCUT2D eigenvalue weighted by Gasteiger charge is -2.24. The third-order valence-corrected chi connectivity index (χ3v) is 7.40. The third-order valence-electron chi connectivity index (χ3n) is 6.08. The first-order valence-corrected chi connectivity index (χ1v) is 13.0. The first-order chi connectivity index (χ1) is 18.7. The topological polar surface area (TPSA) is 111 Å². The summed E-state index contributed by atoms with van der Waals surface area (Å²) in [6, 6.07) is 12.5. The van der Waals surface area contributed by atoms with Crippen LogP contribution in [0.1, 0.15) is 41.6 Å². The molecule has 0 amide bonds. The van der Waals surface area contributed by atoms with Crippen molar-refractivity contribution < 1.29 is 28.2 Å². The Morgan fingerprint density at radius 2 is 1.95 bits per heavy atom. The lowest BCUT2D eigenvalue weighted by atomic mass is 9.96. The molecule has 0 bridgehead atoms. The van der Waals surface area contributed by atoms with E-state index < -0.39 is 29.4 Å². The summed E-state index contributed by atoms with van der Waals surface area (Å²) in [5.74, 6) is -1.49. The number of fused-ring (bicyclic) bond motifs is 1. The largest absolute Gasteiger partial charge is 0.478 e. The maximum atomic E-state index is 13.7. The molecule has 2 aromatic heterocycles. The van der Waals surface area contributed by atoms with Crippen LogP contribution in [0, 0.1) is 5.82 Å². The number of benzene rings is 2. The fraction of sp³-hybridized carbons (Fsp3) is 0.143. The summed E-state index contributed by atoms with van der Waals surface area (Å²) in [4.78, 5) is 42.9. The zero-order chi connectivity index (χ0) is 27.8. The number of nitrogens with zero attached hydrogens (tertiary/aromatic N) is 2. The number of ether oxygens (including phenoxy) is 1. The average molecular weight is 567 g/mol. The van der Waals surface area contributed by atoms with Crippen LogP contribution in [0.5, 0.6) is 0 Å². The van der Waals surface area contributed by atoms with Crippen molar-refractivity contribution in [3.8, 4) is 11.3 Å². The smallest absolute Gasteiger partial charge is 0.338 e. The minimum atomic E-state index is -1.16. The summed E-state index contributed by atoms with van der Waals surface area (Å²) in [6.07, 6.45) is 1.55. The number of carboxylic acids is 1. The Labute approximate surface area is 229 Å². The molecule has 198 valence electrons. The predicted octanol–water partition coefficient (Wildman–Crippen LogP) is 4.55. The molecule has 0 fully saturated rings. The number of hydrogen-bond donors (Lipinski definition) is 1. The normalized spacial score (nSPS) is 15.2. The number of rotatable bonds is 6. The van der Waals surface area contributed by atoms with E-state index in [2.05, 4.69) is 4.99 Å². The molecule has 4 aromatic rings. The number of hydrogen-bond acceptors (Lipinski definition) is 7. The number of esters is 1. The van der Waals surface area contributed by atoms with Gasteiger partial charge in [-0.1, -0.05) is 35.1 Å². The number of thiazole rings is 1. The number of carbonyl (C=O) groups excluding carboxylic acids is 1. The second-order valence-electron chi connectivity index (χ2n) is 8.56. The van der Waals surface area contributed by atoms with Gasteiger partial charge in [-0.25, -0.2) is 19.0 Å². The highest BCUT2D eigenvalue weighted by molar-refractivity contribution is 7.07. The summed E-state index contributed by atoms with van der Waals surface area (Å²) in [5.41, 5.74) is 1.14. The van der Waals surface area contributed by atoms with Gasteiger partial charge in [0.25, 0.3) is 5.56 Å². The Kier molecular flexibility index (Phi) is 7.07. The highest BCUT2D eigenvalue weighted by Crippen LogP contribution is 2.31. The van der Waals surface area contributed by atoms with Crippen molar-refractivity contribution >= 4 is 41.0 Å². The SMILES string of the molecule is CCOC(=O)C1=C(C)N=c2s/c(=C\c3ccc(-c4ccc(Cl)c(C(=O)O)c4)o3)c(=O)n2[C@@H]1c1ccc(F)cc1. The molecule has 0 saturated carbocycles. The summed E-state index contributed by atoms with van der Waals surface area (Å²) in [6.45, 7) is 3.48. The third kappa shape index (κ3) is 4.96. The minimum Gasteiger partial charge on any atom is -0.478 e. The molecular weight excluding hydrogens is 547 g/mol. The summed E-state index contributed by atoms with van der Waals surface area (Å²) in [5, 5.41) is 9.45. The van der Waals surface area contributed by atoms with E-state index in [-0.39, 0.29) is 22.8 Å². The van der Waals surface area contributed by atoms with Crippen LogP contribution in [-0.2, 0) is 9.53 Å². The van der Waals surface area contributed by atoms with Crippen LogP contribution < -0.4 is 14.9 Å². The van der Waals surface area contributed by atoms with Gasteiger partial charge in [0, 0.05) is 11.6 Å². The number of aromatic carboxylic acids is 1. The van der Waals surface area contributed by atoms with Gasteiger partial charge in [0.05, 0.1) is 39.0 Å². The summed E-state index contributed by atoms with van der Waals surface area (Å²) in [7, 11) is 0. The zero-order valence-electron chi connectivity index (χ0n) is 20.6. The molecule has 0 spiro atoms. The fourth-order valence-electron chi connectivity index (χ4n) is 4.31. The van der Waals surface area contributed by atoms with E-state index in [4.69, 9.17) is 20.8 Å². The molecule has 39 heavy (non-hydrogen) atoms. The van der Waals surface area contributed by atoms with Crippen molar-refractivity contribution in [3.63, 3.8) is 0 Å². The van der Waals surface area contributed by atoms with E-state index >= 15 is 0 Å². The molecular formula is C28H20ClFN2O6S. The molecule has 11 heteroatoms. The number of halogens is 2. The minimum absolute atomic E-state index is 0.0611. The van der Waals surface area contributed by atoms with Crippen LogP contribution >= 0.6 is 22.9 Å². The molecule has 0 radical (unpaired) electrons. The fourth-order valence-corrected chi connectivity index (χ4v) is 5.53. The standard InChI is InChI=1S/C28H20ClFN2O6S/c1-3-37-27(36)23-14(2)31-28-32(24(23)15-4-7-17(30)8-5-15)25(33)22(39-28)13-18-9-11-21(38-18)16-6-10-20(29)19(12-16)26(34)35/h4-13,24H,3H2,1-2H3,(H,34,35)/b22-13-/t24-/m1/s1.